The minimum atomic E-state index is -0.323. The first-order valence-corrected chi connectivity index (χ1v) is 12.3. The van der Waals surface area contributed by atoms with Gasteiger partial charge in [-0.05, 0) is 30.7 Å². The minimum absolute atomic E-state index is 0.0768. The zero-order chi connectivity index (χ0) is 22.0. The van der Waals surface area contributed by atoms with E-state index in [1.54, 1.807) is 11.8 Å². The molecule has 0 spiro atoms. The van der Waals surface area contributed by atoms with Crippen LogP contribution in [0.2, 0.25) is 0 Å². The van der Waals surface area contributed by atoms with Gasteiger partial charge in [-0.2, -0.15) is 4.98 Å². The molecule has 0 saturated carbocycles. The summed E-state index contributed by atoms with van der Waals surface area (Å²) in [5.74, 6) is 2.68. The quantitative estimate of drug-likeness (QED) is 0.425. The fourth-order valence-corrected chi connectivity index (χ4v) is 5.21. The van der Waals surface area contributed by atoms with E-state index in [2.05, 4.69) is 33.0 Å². The number of thioether (sulfide) groups is 1. The number of anilines is 1. The first-order valence-electron chi connectivity index (χ1n) is 11.3. The zero-order valence-electron chi connectivity index (χ0n) is 18.9. The van der Waals surface area contributed by atoms with Crippen molar-refractivity contribution in [3.63, 3.8) is 0 Å². The minimum Gasteiger partial charge on any atom is -0.493 e. The molecule has 1 N–H and O–H groups in total. The van der Waals surface area contributed by atoms with Gasteiger partial charge in [0, 0.05) is 29.0 Å². The van der Waals surface area contributed by atoms with Crippen LogP contribution in [0.3, 0.4) is 0 Å². The van der Waals surface area contributed by atoms with Crippen LogP contribution in [-0.4, -0.2) is 32.9 Å². The molecule has 1 aromatic heterocycles. The van der Waals surface area contributed by atoms with Crippen molar-refractivity contribution in [2.75, 3.05) is 17.7 Å². The first-order chi connectivity index (χ1) is 14.9. The number of para-hydroxylation sites is 1. The van der Waals surface area contributed by atoms with E-state index >= 15 is 0 Å². The summed E-state index contributed by atoms with van der Waals surface area (Å²) < 4.78 is 7.96. The summed E-state index contributed by atoms with van der Waals surface area (Å²) in [6, 6.07) is 7.69. The molecule has 0 bridgehead atoms. The van der Waals surface area contributed by atoms with Gasteiger partial charge in [0.05, 0.1) is 6.61 Å². The van der Waals surface area contributed by atoms with Gasteiger partial charge in [-0.25, -0.2) is 4.68 Å². The Morgan fingerprint density at radius 3 is 2.81 bits per heavy atom. The maximum Gasteiger partial charge on any atom is 0.227 e. The second-order valence-electron chi connectivity index (χ2n) is 9.11. The maximum absolute atomic E-state index is 13.4. The summed E-state index contributed by atoms with van der Waals surface area (Å²) in [6.07, 6.45) is 4.54. The number of carbonyl (C=O) groups excluding carboxylic acids is 1. The highest BCUT2D eigenvalue weighted by Crippen LogP contribution is 2.47. The lowest BCUT2D eigenvalue weighted by molar-refractivity contribution is -0.118. The van der Waals surface area contributed by atoms with Crippen molar-refractivity contribution in [3.8, 4) is 5.75 Å². The van der Waals surface area contributed by atoms with Crippen molar-refractivity contribution in [1.82, 2.24) is 14.8 Å². The van der Waals surface area contributed by atoms with Crippen LogP contribution in [0.4, 0.5) is 5.95 Å². The van der Waals surface area contributed by atoms with Gasteiger partial charge in [0.2, 0.25) is 11.1 Å². The van der Waals surface area contributed by atoms with Crippen LogP contribution in [-0.2, 0) is 4.79 Å². The Kier molecular flexibility index (Phi) is 6.42. The highest BCUT2D eigenvalue weighted by atomic mass is 32.2. The van der Waals surface area contributed by atoms with E-state index in [-0.39, 0.29) is 17.2 Å². The van der Waals surface area contributed by atoms with Crippen LogP contribution in [0.15, 0.2) is 40.7 Å². The highest BCUT2D eigenvalue weighted by molar-refractivity contribution is 7.99. The summed E-state index contributed by atoms with van der Waals surface area (Å²) >= 11 is 1.67. The van der Waals surface area contributed by atoms with E-state index in [1.807, 2.05) is 28.9 Å². The Morgan fingerprint density at radius 1 is 1.23 bits per heavy atom. The number of nitrogens with zero attached hydrogens (tertiary/aromatic N) is 3. The van der Waals surface area contributed by atoms with Crippen molar-refractivity contribution in [2.24, 2.45) is 5.41 Å². The molecule has 1 aliphatic carbocycles. The lowest BCUT2D eigenvalue weighted by atomic mass is 9.73. The Hall–Kier alpha value is -2.28. The van der Waals surface area contributed by atoms with Crippen LogP contribution in [0.5, 0.6) is 5.75 Å². The third kappa shape index (κ3) is 4.52. The maximum atomic E-state index is 13.4. The lowest BCUT2D eigenvalue weighted by Gasteiger charge is -2.38. The molecular formula is C24H32N4O2S. The molecule has 0 fully saturated rings. The summed E-state index contributed by atoms with van der Waals surface area (Å²) in [5, 5.41) is 9.03. The predicted molar refractivity (Wildman–Crippen MR) is 125 cm³/mol. The van der Waals surface area contributed by atoms with Gasteiger partial charge in [-0.3, -0.25) is 4.79 Å². The number of Topliss-reactive ketones (excluding diaryl/α,β-unsaturated/α-hetero) is 1. The number of aromatic nitrogens is 3. The van der Waals surface area contributed by atoms with E-state index in [9.17, 15) is 4.79 Å². The summed E-state index contributed by atoms with van der Waals surface area (Å²) in [5.41, 5.74) is 2.66. The van der Waals surface area contributed by atoms with E-state index in [4.69, 9.17) is 14.8 Å². The zero-order valence-corrected chi connectivity index (χ0v) is 19.7. The van der Waals surface area contributed by atoms with Crippen molar-refractivity contribution in [3.05, 3.63) is 41.1 Å². The number of fused-ring (bicyclic) bond motifs is 1. The Bertz CT molecular complexity index is 995. The third-order valence-electron chi connectivity index (χ3n) is 5.72. The van der Waals surface area contributed by atoms with Crippen LogP contribution >= 0.6 is 11.8 Å². The first kappa shape index (κ1) is 21.9. The monoisotopic (exact) mass is 440 g/mol. The standard InChI is InChI=1S/C24H32N4O2S/c1-5-7-13-31-23-26-22-25-17-14-24(3,4)15-18(29)20(17)21(28(22)27-23)16-10-8-9-11-19(16)30-12-6-2/h8-11,21H,5-7,12-15H2,1-4H3,(H,25,26,27). The number of hydrogen-bond acceptors (Lipinski definition) is 6. The lowest BCUT2D eigenvalue weighted by Crippen LogP contribution is -2.36. The Morgan fingerprint density at radius 2 is 2.03 bits per heavy atom. The van der Waals surface area contributed by atoms with Crippen LogP contribution < -0.4 is 10.1 Å². The fraction of sp³-hybridized carbons (Fsp3) is 0.542. The Balaban J connectivity index is 1.81. The van der Waals surface area contributed by atoms with Crippen molar-refractivity contribution in [1.29, 1.82) is 0 Å². The third-order valence-corrected chi connectivity index (χ3v) is 6.64. The van der Waals surface area contributed by atoms with E-state index in [1.165, 1.54) is 0 Å². The summed E-state index contributed by atoms with van der Waals surface area (Å²) in [6.45, 7) is 9.21. The molecule has 6 nitrogen and oxygen atoms in total. The molecule has 1 atom stereocenters. The van der Waals surface area contributed by atoms with Gasteiger partial charge in [-0.15, -0.1) is 5.10 Å². The predicted octanol–water partition coefficient (Wildman–Crippen LogP) is 5.62. The number of nitrogens with one attached hydrogen (secondary N) is 1. The molecule has 2 heterocycles. The highest BCUT2D eigenvalue weighted by Gasteiger charge is 2.42. The molecule has 2 aliphatic rings. The van der Waals surface area contributed by atoms with E-state index in [0.717, 1.165) is 59.2 Å². The van der Waals surface area contributed by atoms with E-state index in [0.29, 0.717) is 19.0 Å². The van der Waals surface area contributed by atoms with Gasteiger partial charge in [0.25, 0.3) is 0 Å². The molecule has 31 heavy (non-hydrogen) atoms. The Labute approximate surface area is 188 Å². The summed E-state index contributed by atoms with van der Waals surface area (Å²) in [4.78, 5) is 18.1. The van der Waals surface area contributed by atoms with Crippen LogP contribution in [0.25, 0.3) is 0 Å². The van der Waals surface area contributed by atoms with Gasteiger partial charge >= 0.3 is 0 Å². The average Bonchev–Trinajstić information content (AvgIpc) is 3.12. The van der Waals surface area contributed by atoms with Crippen LogP contribution in [0, 0.1) is 5.41 Å². The molecule has 166 valence electrons. The summed E-state index contributed by atoms with van der Waals surface area (Å²) in [7, 11) is 0. The molecule has 2 aromatic rings. The van der Waals surface area contributed by atoms with Gasteiger partial charge in [0.15, 0.2) is 5.78 Å². The van der Waals surface area contributed by atoms with Crippen molar-refractivity contribution >= 4 is 23.5 Å². The number of hydrogen-bond donors (Lipinski definition) is 1. The molecule has 1 aliphatic heterocycles. The second-order valence-corrected chi connectivity index (χ2v) is 10.2. The topological polar surface area (TPSA) is 69.0 Å². The van der Waals surface area contributed by atoms with E-state index < -0.39 is 0 Å². The number of benzene rings is 1. The smallest absolute Gasteiger partial charge is 0.227 e. The number of ketones is 1. The van der Waals surface area contributed by atoms with Gasteiger partial charge in [0.1, 0.15) is 11.8 Å². The number of unbranched alkanes of at least 4 members (excludes halogenated alkanes) is 1. The number of allylic oxidation sites excluding steroid dienone is 2. The molecule has 0 amide bonds. The normalized spacial score (nSPS) is 19.6. The number of ether oxygens (including phenoxy) is 1. The fourth-order valence-electron chi connectivity index (χ4n) is 4.30. The second kappa shape index (κ2) is 9.07. The largest absolute Gasteiger partial charge is 0.493 e. The molecule has 0 saturated heterocycles. The number of carbonyl (C=O) groups is 1. The number of rotatable bonds is 8. The SMILES string of the molecule is CCCCSc1nc2n(n1)C(c1ccccc1OCCC)C1=C(CC(C)(C)CC1=O)N2. The van der Waals surface area contributed by atoms with Crippen molar-refractivity contribution < 1.29 is 9.53 Å². The van der Waals surface area contributed by atoms with Gasteiger partial charge in [-0.1, -0.05) is 64.1 Å². The van der Waals surface area contributed by atoms with Crippen LogP contribution in [0.1, 0.15) is 71.4 Å². The molecule has 0 radical (unpaired) electrons. The molecule has 4 rings (SSSR count). The molecule has 1 aromatic carbocycles. The van der Waals surface area contributed by atoms with Crippen molar-refractivity contribution in [2.45, 2.75) is 71.0 Å². The molecule has 7 heteroatoms. The molecule has 1 unspecified atom stereocenters. The average molecular weight is 441 g/mol. The molecular weight excluding hydrogens is 408 g/mol. The van der Waals surface area contributed by atoms with Gasteiger partial charge < -0.3 is 10.1 Å².